The van der Waals surface area contributed by atoms with Gasteiger partial charge in [0.25, 0.3) is 5.91 Å². The zero-order valence-corrected chi connectivity index (χ0v) is 12.0. The van der Waals surface area contributed by atoms with Crippen LogP contribution in [0.5, 0.6) is 0 Å². The molecule has 0 saturated carbocycles. The fourth-order valence-corrected chi connectivity index (χ4v) is 2.36. The van der Waals surface area contributed by atoms with Crippen molar-refractivity contribution in [3.63, 3.8) is 0 Å². The van der Waals surface area contributed by atoms with Crippen molar-refractivity contribution in [3.8, 4) is 0 Å². The number of anilines is 1. The summed E-state index contributed by atoms with van der Waals surface area (Å²) in [6, 6.07) is 15.1. The first-order valence-electron chi connectivity index (χ1n) is 6.46. The lowest BCUT2D eigenvalue weighted by Crippen LogP contribution is -2.34. The molecular weight excluding hydrogens is 272 g/mol. The Balaban J connectivity index is 2.04. The van der Waals surface area contributed by atoms with Crippen molar-refractivity contribution in [2.24, 2.45) is 0 Å². The van der Waals surface area contributed by atoms with Gasteiger partial charge in [-0.25, -0.2) is 0 Å². The molecule has 0 fully saturated rings. The highest BCUT2D eigenvalue weighted by Crippen LogP contribution is 2.21. The molecule has 1 atom stereocenters. The van der Waals surface area contributed by atoms with Crippen molar-refractivity contribution < 1.29 is 4.79 Å². The standard InChI is InChI=1S/C16H17ClN2O/c1-11(10-12-6-3-2-4-7-12)19-16(20)15-13(17)8-5-9-14(15)18/h2-9,11H,10,18H2,1H3,(H,19,20). The largest absolute Gasteiger partial charge is 0.398 e. The Labute approximate surface area is 123 Å². The van der Waals surface area contributed by atoms with E-state index < -0.39 is 0 Å². The van der Waals surface area contributed by atoms with Crippen LogP contribution in [0.1, 0.15) is 22.8 Å². The molecule has 0 aliphatic rings. The summed E-state index contributed by atoms with van der Waals surface area (Å²) in [7, 11) is 0. The number of carbonyl (C=O) groups excluding carboxylic acids is 1. The summed E-state index contributed by atoms with van der Waals surface area (Å²) < 4.78 is 0. The van der Waals surface area contributed by atoms with E-state index in [1.54, 1.807) is 18.2 Å². The molecule has 0 bridgehead atoms. The predicted molar refractivity (Wildman–Crippen MR) is 82.9 cm³/mol. The number of rotatable bonds is 4. The van der Waals surface area contributed by atoms with Crippen molar-refractivity contribution in [2.75, 3.05) is 5.73 Å². The maximum Gasteiger partial charge on any atom is 0.255 e. The van der Waals surface area contributed by atoms with Gasteiger partial charge in [0.2, 0.25) is 0 Å². The van der Waals surface area contributed by atoms with Crippen LogP contribution in [-0.4, -0.2) is 11.9 Å². The fraction of sp³-hybridized carbons (Fsp3) is 0.188. The number of halogens is 1. The second-order valence-corrected chi connectivity index (χ2v) is 5.18. The Morgan fingerprint density at radius 1 is 1.20 bits per heavy atom. The monoisotopic (exact) mass is 288 g/mol. The molecule has 20 heavy (non-hydrogen) atoms. The van der Waals surface area contributed by atoms with Crippen molar-refractivity contribution >= 4 is 23.2 Å². The normalized spacial score (nSPS) is 11.9. The van der Waals surface area contributed by atoms with Crippen molar-refractivity contribution in [3.05, 3.63) is 64.7 Å². The number of nitrogens with one attached hydrogen (secondary N) is 1. The SMILES string of the molecule is CC(Cc1ccccc1)NC(=O)c1c(N)cccc1Cl. The molecule has 2 rings (SSSR count). The first-order valence-corrected chi connectivity index (χ1v) is 6.84. The van der Waals surface area contributed by atoms with Crippen LogP contribution in [0.3, 0.4) is 0 Å². The van der Waals surface area contributed by atoms with E-state index in [1.165, 1.54) is 5.56 Å². The quantitative estimate of drug-likeness (QED) is 0.848. The molecule has 0 aliphatic heterocycles. The second kappa shape index (κ2) is 6.44. The van der Waals surface area contributed by atoms with Crippen LogP contribution in [0, 0.1) is 0 Å². The third kappa shape index (κ3) is 3.52. The highest BCUT2D eigenvalue weighted by atomic mass is 35.5. The molecule has 2 aromatic carbocycles. The molecule has 1 amide bonds. The number of hydrogen-bond donors (Lipinski definition) is 2. The zero-order valence-electron chi connectivity index (χ0n) is 11.3. The van der Waals surface area contributed by atoms with E-state index in [0.717, 1.165) is 6.42 Å². The van der Waals surface area contributed by atoms with Gasteiger partial charge in [-0.3, -0.25) is 4.79 Å². The van der Waals surface area contributed by atoms with Gasteiger partial charge in [-0.1, -0.05) is 48.0 Å². The summed E-state index contributed by atoms with van der Waals surface area (Å²) in [5.41, 5.74) is 7.71. The highest BCUT2D eigenvalue weighted by Gasteiger charge is 2.16. The van der Waals surface area contributed by atoms with Gasteiger partial charge in [0.1, 0.15) is 0 Å². The number of nitrogen functional groups attached to an aromatic ring is 1. The number of amides is 1. The van der Waals surface area contributed by atoms with Gasteiger partial charge in [0.05, 0.1) is 10.6 Å². The van der Waals surface area contributed by atoms with Crippen molar-refractivity contribution in [1.29, 1.82) is 0 Å². The minimum absolute atomic E-state index is 0.000530. The minimum atomic E-state index is -0.239. The van der Waals surface area contributed by atoms with E-state index in [-0.39, 0.29) is 11.9 Å². The van der Waals surface area contributed by atoms with E-state index in [1.807, 2.05) is 37.3 Å². The van der Waals surface area contributed by atoms with Gasteiger partial charge in [-0.15, -0.1) is 0 Å². The van der Waals surface area contributed by atoms with Crippen LogP contribution < -0.4 is 11.1 Å². The highest BCUT2D eigenvalue weighted by molar-refractivity contribution is 6.34. The van der Waals surface area contributed by atoms with Crippen LogP contribution in [0.15, 0.2) is 48.5 Å². The molecule has 4 heteroatoms. The van der Waals surface area contributed by atoms with Crippen LogP contribution in [0.25, 0.3) is 0 Å². The Morgan fingerprint density at radius 3 is 2.55 bits per heavy atom. The van der Waals surface area contributed by atoms with Gasteiger partial charge in [-0.05, 0) is 31.0 Å². The molecule has 0 aromatic heterocycles. The van der Waals surface area contributed by atoms with E-state index in [0.29, 0.717) is 16.3 Å². The van der Waals surface area contributed by atoms with Gasteiger partial charge in [0, 0.05) is 11.7 Å². The van der Waals surface area contributed by atoms with Gasteiger partial charge in [-0.2, -0.15) is 0 Å². The van der Waals surface area contributed by atoms with Crippen LogP contribution in [0.2, 0.25) is 5.02 Å². The molecule has 0 saturated heterocycles. The first-order chi connectivity index (χ1) is 9.58. The van der Waals surface area contributed by atoms with E-state index in [4.69, 9.17) is 17.3 Å². The number of carbonyl (C=O) groups is 1. The van der Waals surface area contributed by atoms with Crippen LogP contribution in [-0.2, 0) is 6.42 Å². The molecule has 0 radical (unpaired) electrons. The summed E-state index contributed by atoms with van der Waals surface area (Å²) in [6.07, 6.45) is 0.761. The smallest absolute Gasteiger partial charge is 0.255 e. The molecule has 3 nitrogen and oxygen atoms in total. The van der Waals surface area contributed by atoms with E-state index in [9.17, 15) is 4.79 Å². The molecule has 104 valence electrons. The molecule has 1 unspecified atom stereocenters. The lowest BCUT2D eigenvalue weighted by atomic mass is 10.1. The minimum Gasteiger partial charge on any atom is -0.398 e. The Morgan fingerprint density at radius 2 is 1.90 bits per heavy atom. The molecule has 3 N–H and O–H groups in total. The Kier molecular flexibility index (Phi) is 4.64. The fourth-order valence-electron chi connectivity index (χ4n) is 2.10. The topological polar surface area (TPSA) is 55.1 Å². The molecule has 2 aromatic rings. The number of hydrogen-bond acceptors (Lipinski definition) is 2. The average Bonchev–Trinajstić information content (AvgIpc) is 2.39. The lowest BCUT2D eigenvalue weighted by molar-refractivity contribution is 0.0941. The van der Waals surface area contributed by atoms with Crippen LogP contribution in [0.4, 0.5) is 5.69 Å². The number of nitrogens with two attached hydrogens (primary N) is 1. The predicted octanol–water partition coefficient (Wildman–Crippen LogP) is 3.28. The van der Waals surface area contributed by atoms with Gasteiger partial charge in [0.15, 0.2) is 0 Å². The van der Waals surface area contributed by atoms with Crippen LogP contribution >= 0.6 is 11.6 Å². The molecule has 0 aliphatic carbocycles. The summed E-state index contributed by atoms with van der Waals surface area (Å²) in [4.78, 5) is 12.2. The summed E-state index contributed by atoms with van der Waals surface area (Å²) >= 11 is 6.03. The van der Waals surface area contributed by atoms with Gasteiger partial charge >= 0.3 is 0 Å². The molecule has 0 heterocycles. The Hall–Kier alpha value is -2.00. The maximum absolute atomic E-state index is 12.2. The summed E-state index contributed by atoms with van der Waals surface area (Å²) in [5.74, 6) is -0.239. The number of benzene rings is 2. The molecule has 0 spiro atoms. The summed E-state index contributed by atoms with van der Waals surface area (Å²) in [6.45, 7) is 1.96. The lowest BCUT2D eigenvalue weighted by Gasteiger charge is -2.15. The van der Waals surface area contributed by atoms with Crippen molar-refractivity contribution in [2.45, 2.75) is 19.4 Å². The third-order valence-corrected chi connectivity index (χ3v) is 3.35. The maximum atomic E-state index is 12.2. The third-order valence-electron chi connectivity index (χ3n) is 3.04. The molecular formula is C16H17ClN2O. The van der Waals surface area contributed by atoms with Gasteiger partial charge < -0.3 is 11.1 Å². The zero-order chi connectivity index (χ0) is 14.5. The Bertz CT molecular complexity index is 578. The summed E-state index contributed by atoms with van der Waals surface area (Å²) in [5, 5.41) is 3.29. The first kappa shape index (κ1) is 14.4. The average molecular weight is 289 g/mol. The van der Waals surface area contributed by atoms with E-state index >= 15 is 0 Å². The van der Waals surface area contributed by atoms with Crippen molar-refractivity contribution in [1.82, 2.24) is 5.32 Å². The van der Waals surface area contributed by atoms with E-state index in [2.05, 4.69) is 5.32 Å². The second-order valence-electron chi connectivity index (χ2n) is 4.77.